The molecule has 0 aliphatic carbocycles. The van der Waals surface area contributed by atoms with Crippen molar-refractivity contribution in [2.45, 2.75) is 25.9 Å². The lowest BCUT2D eigenvalue weighted by molar-refractivity contribution is -0.163. The van der Waals surface area contributed by atoms with E-state index in [2.05, 4.69) is 5.32 Å². The summed E-state index contributed by atoms with van der Waals surface area (Å²) >= 11 is 1.37. The van der Waals surface area contributed by atoms with Crippen molar-refractivity contribution in [3.63, 3.8) is 0 Å². The maximum absolute atomic E-state index is 11.9. The Balaban J connectivity index is 1.68. The number of carbonyl (C=O) groups is 2. The average molecular weight is 296 g/mol. The van der Waals surface area contributed by atoms with Crippen molar-refractivity contribution in [2.75, 3.05) is 19.6 Å². The van der Waals surface area contributed by atoms with Crippen molar-refractivity contribution in [2.24, 2.45) is 5.92 Å². The van der Waals surface area contributed by atoms with Crippen molar-refractivity contribution in [3.8, 4) is 0 Å². The molecule has 0 atom stereocenters. The third kappa shape index (κ3) is 3.19. The summed E-state index contributed by atoms with van der Waals surface area (Å²) in [6, 6.07) is 3.57. The first-order valence-corrected chi connectivity index (χ1v) is 7.62. The van der Waals surface area contributed by atoms with Crippen molar-refractivity contribution in [3.05, 3.63) is 22.4 Å². The summed E-state index contributed by atoms with van der Waals surface area (Å²) in [6.07, 6.45) is 0.269. The molecular weight excluding hydrogens is 276 g/mol. The molecule has 2 heterocycles. The SMILES string of the molecule is CC(C)C1(O)CN(C(=O)CCNC(=O)c2cccs2)C1. The molecule has 0 saturated carbocycles. The fourth-order valence-electron chi connectivity index (χ4n) is 2.09. The first-order valence-electron chi connectivity index (χ1n) is 6.74. The van der Waals surface area contributed by atoms with Gasteiger partial charge in [0.05, 0.1) is 18.0 Å². The van der Waals surface area contributed by atoms with Gasteiger partial charge >= 0.3 is 0 Å². The molecule has 1 aliphatic rings. The number of carbonyl (C=O) groups excluding carboxylic acids is 2. The Kier molecular flexibility index (Phi) is 4.45. The highest BCUT2D eigenvalue weighted by Crippen LogP contribution is 2.28. The maximum Gasteiger partial charge on any atom is 0.261 e. The highest BCUT2D eigenvalue weighted by molar-refractivity contribution is 7.12. The normalized spacial score (nSPS) is 16.9. The zero-order valence-electron chi connectivity index (χ0n) is 11.8. The Labute approximate surface area is 122 Å². The van der Waals surface area contributed by atoms with Gasteiger partial charge in [-0.1, -0.05) is 19.9 Å². The summed E-state index contributed by atoms with van der Waals surface area (Å²) < 4.78 is 0. The van der Waals surface area contributed by atoms with Crippen molar-refractivity contribution in [1.29, 1.82) is 0 Å². The number of amides is 2. The van der Waals surface area contributed by atoms with Gasteiger partial charge in [-0.15, -0.1) is 11.3 Å². The van der Waals surface area contributed by atoms with Crippen LogP contribution in [0.15, 0.2) is 17.5 Å². The lowest BCUT2D eigenvalue weighted by atomic mass is 9.83. The minimum Gasteiger partial charge on any atom is -0.386 e. The summed E-state index contributed by atoms with van der Waals surface area (Å²) in [6.45, 7) is 5.00. The van der Waals surface area contributed by atoms with E-state index in [-0.39, 0.29) is 24.2 Å². The van der Waals surface area contributed by atoms with E-state index in [1.54, 1.807) is 11.0 Å². The number of hydrogen-bond donors (Lipinski definition) is 2. The fourth-order valence-corrected chi connectivity index (χ4v) is 2.73. The summed E-state index contributed by atoms with van der Waals surface area (Å²) in [5.74, 6) is -0.0259. The molecule has 0 radical (unpaired) electrons. The van der Waals surface area contributed by atoms with E-state index in [9.17, 15) is 14.7 Å². The Morgan fingerprint density at radius 3 is 2.75 bits per heavy atom. The molecule has 6 heteroatoms. The topological polar surface area (TPSA) is 69.6 Å². The monoisotopic (exact) mass is 296 g/mol. The number of likely N-dealkylation sites (tertiary alicyclic amines) is 1. The molecule has 5 nitrogen and oxygen atoms in total. The van der Waals surface area contributed by atoms with Crippen molar-refractivity contribution in [1.82, 2.24) is 10.2 Å². The molecule has 2 rings (SSSR count). The second-order valence-corrected chi connectivity index (χ2v) is 6.44. The average Bonchev–Trinajstić information content (AvgIpc) is 2.88. The summed E-state index contributed by atoms with van der Waals surface area (Å²) in [7, 11) is 0. The Hall–Kier alpha value is -1.40. The predicted octanol–water partition coefficient (Wildman–Crippen LogP) is 1.10. The second kappa shape index (κ2) is 5.93. The van der Waals surface area contributed by atoms with Crippen LogP contribution in [0, 0.1) is 5.92 Å². The molecule has 110 valence electrons. The van der Waals surface area contributed by atoms with Gasteiger partial charge in [0, 0.05) is 13.0 Å². The highest BCUT2D eigenvalue weighted by Gasteiger charge is 2.45. The molecule has 1 aromatic heterocycles. The van der Waals surface area contributed by atoms with Crippen LogP contribution in [0.1, 0.15) is 29.9 Å². The molecule has 0 aromatic carbocycles. The number of rotatable bonds is 5. The number of thiophene rings is 1. The number of β-amino-alcohol motifs (C(OH)–C–C–N with tert-alkyl or cyclic N) is 1. The van der Waals surface area contributed by atoms with Crippen molar-refractivity contribution >= 4 is 23.2 Å². The Morgan fingerprint density at radius 1 is 1.50 bits per heavy atom. The number of nitrogens with one attached hydrogen (secondary N) is 1. The molecule has 1 aliphatic heterocycles. The molecule has 2 amide bonds. The van der Waals surface area contributed by atoms with E-state index in [4.69, 9.17) is 0 Å². The predicted molar refractivity (Wildman–Crippen MR) is 77.6 cm³/mol. The smallest absolute Gasteiger partial charge is 0.261 e. The van der Waals surface area contributed by atoms with Crippen LogP contribution in [0.25, 0.3) is 0 Å². The molecule has 0 spiro atoms. The van der Waals surface area contributed by atoms with Gasteiger partial charge in [0.1, 0.15) is 5.60 Å². The van der Waals surface area contributed by atoms with E-state index in [0.29, 0.717) is 24.5 Å². The van der Waals surface area contributed by atoms with Crippen LogP contribution >= 0.6 is 11.3 Å². The van der Waals surface area contributed by atoms with E-state index in [1.807, 2.05) is 25.3 Å². The molecule has 0 bridgehead atoms. The van der Waals surface area contributed by atoms with Gasteiger partial charge in [0.25, 0.3) is 5.91 Å². The van der Waals surface area contributed by atoms with Crippen LogP contribution in [0.2, 0.25) is 0 Å². The van der Waals surface area contributed by atoms with Crippen LogP contribution in [0.3, 0.4) is 0 Å². The van der Waals surface area contributed by atoms with Crippen LogP contribution in [-0.4, -0.2) is 47.1 Å². The Bertz CT molecular complexity index is 479. The maximum atomic E-state index is 11.9. The van der Waals surface area contributed by atoms with Gasteiger partial charge < -0.3 is 15.3 Å². The molecule has 1 saturated heterocycles. The molecule has 2 N–H and O–H groups in total. The summed E-state index contributed by atoms with van der Waals surface area (Å²) in [5, 5.41) is 14.6. The largest absolute Gasteiger partial charge is 0.386 e. The standard InChI is InChI=1S/C14H20N2O3S/c1-10(2)14(19)8-16(9-14)12(17)5-6-15-13(18)11-4-3-7-20-11/h3-4,7,10,19H,5-6,8-9H2,1-2H3,(H,15,18). The van der Waals surface area contributed by atoms with Gasteiger partial charge in [0.15, 0.2) is 0 Å². The quantitative estimate of drug-likeness (QED) is 0.855. The van der Waals surface area contributed by atoms with E-state index in [0.717, 1.165) is 0 Å². The lowest BCUT2D eigenvalue weighted by Crippen LogP contribution is -2.66. The highest BCUT2D eigenvalue weighted by atomic mass is 32.1. The third-order valence-electron chi connectivity index (χ3n) is 3.73. The zero-order valence-corrected chi connectivity index (χ0v) is 12.6. The van der Waals surface area contributed by atoms with Crippen LogP contribution in [0.5, 0.6) is 0 Å². The van der Waals surface area contributed by atoms with Crippen LogP contribution in [0.4, 0.5) is 0 Å². The van der Waals surface area contributed by atoms with E-state index in [1.165, 1.54) is 11.3 Å². The summed E-state index contributed by atoms with van der Waals surface area (Å²) in [4.78, 5) is 25.8. The number of aliphatic hydroxyl groups is 1. The first-order chi connectivity index (χ1) is 9.42. The first kappa shape index (κ1) is 15.0. The van der Waals surface area contributed by atoms with Gasteiger partial charge in [-0.25, -0.2) is 0 Å². The molecular formula is C14H20N2O3S. The zero-order chi connectivity index (χ0) is 14.8. The molecule has 20 heavy (non-hydrogen) atoms. The van der Waals surface area contributed by atoms with E-state index >= 15 is 0 Å². The molecule has 1 aromatic rings. The van der Waals surface area contributed by atoms with Gasteiger partial charge in [-0.3, -0.25) is 9.59 Å². The van der Waals surface area contributed by atoms with Crippen LogP contribution < -0.4 is 5.32 Å². The summed E-state index contributed by atoms with van der Waals surface area (Å²) in [5.41, 5.74) is -0.740. The van der Waals surface area contributed by atoms with E-state index < -0.39 is 5.60 Å². The van der Waals surface area contributed by atoms with Crippen LogP contribution in [-0.2, 0) is 4.79 Å². The fraction of sp³-hybridized carbons (Fsp3) is 0.571. The van der Waals surface area contributed by atoms with Gasteiger partial charge in [-0.05, 0) is 17.4 Å². The second-order valence-electron chi connectivity index (χ2n) is 5.49. The third-order valence-corrected chi connectivity index (χ3v) is 4.59. The number of hydrogen-bond acceptors (Lipinski definition) is 4. The molecule has 0 unspecified atom stereocenters. The van der Waals surface area contributed by atoms with Crippen molar-refractivity contribution < 1.29 is 14.7 Å². The minimum atomic E-state index is -0.740. The molecule has 1 fully saturated rings. The number of nitrogens with zero attached hydrogens (tertiary/aromatic N) is 1. The van der Waals surface area contributed by atoms with Gasteiger partial charge in [0.2, 0.25) is 5.91 Å². The van der Waals surface area contributed by atoms with Gasteiger partial charge in [-0.2, -0.15) is 0 Å². The minimum absolute atomic E-state index is 0.0261. The lowest BCUT2D eigenvalue weighted by Gasteiger charge is -2.49. The Morgan fingerprint density at radius 2 is 2.20 bits per heavy atom.